The number of hydrogen-bond donors (Lipinski definition) is 1. The zero-order valence-corrected chi connectivity index (χ0v) is 16.6. The molecule has 1 aliphatic rings. The fourth-order valence-corrected chi connectivity index (χ4v) is 3.52. The molecule has 0 unspecified atom stereocenters. The summed E-state index contributed by atoms with van der Waals surface area (Å²) in [5.74, 6) is -0.440. The summed E-state index contributed by atoms with van der Waals surface area (Å²) in [6.45, 7) is 4.80. The van der Waals surface area contributed by atoms with Gasteiger partial charge in [0.05, 0.1) is 16.8 Å². The Labute approximate surface area is 164 Å². The van der Waals surface area contributed by atoms with Gasteiger partial charge in [-0.3, -0.25) is 24.0 Å². The number of fused-ring (bicyclic) bond motifs is 1. The van der Waals surface area contributed by atoms with Crippen molar-refractivity contribution in [2.24, 2.45) is 7.05 Å². The van der Waals surface area contributed by atoms with Crippen LogP contribution in [0.4, 0.5) is 0 Å². The first-order chi connectivity index (χ1) is 13.4. The number of benzene rings is 1. The summed E-state index contributed by atoms with van der Waals surface area (Å²) in [7, 11) is 1.89. The van der Waals surface area contributed by atoms with E-state index in [1.54, 1.807) is 24.3 Å². The van der Waals surface area contributed by atoms with E-state index in [-0.39, 0.29) is 17.7 Å². The predicted molar refractivity (Wildman–Crippen MR) is 105 cm³/mol. The summed E-state index contributed by atoms with van der Waals surface area (Å²) in [6.07, 6.45) is 2.63. The number of nitrogens with one attached hydrogen (secondary N) is 1. The van der Waals surface area contributed by atoms with E-state index in [0.717, 1.165) is 29.8 Å². The lowest BCUT2D eigenvalue weighted by molar-refractivity contribution is -0.121. The van der Waals surface area contributed by atoms with Crippen molar-refractivity contribution in [2.75, 3.05) is 6.54 Å². The molecule has 1 aliphatic heterocycles. The van der Waals surface area contributed by atoms with Crippen molar-refractivity contribution in [3.63, 3.8) is 0 Å². The van der Waals surface area contributed by atoms with Gasteiger partial charge in [0, 0.05) is 37.8 Å². The molecular weight excluding hydrogens is 356 g/mol. The fourth-order valence-electron chi connectivity index (χ4n) is 3.52. The van der Waals surface area contributed by atoms with E-state index >= 15 is 0 Å². The lowest BCUT2D eigenvalue weighted by Gasteiger charge is -2.13. The average molecular weight is 382 g/mol. The zero-order valence-electron chi connectivity index (χ0n) is 16.6. The van der Waals surface area contributed by atoms with E-state index in [0.29, 0.717) is 37.1 Å². The number of nitrogens with zero attached hydrogens (tertiary/aromatic N) is 3. The van der Waals surface area contributed by atoms with Gasteiger partial charge < -0.3 is 5.32 Å². The monoisotopic (exact) mass is 382 g/mol. The van der Waals surface area contributed by atoms with Gasteiger partial charge in [-0.15, -0.1) is 0 Å². The molecule has 0 atom stereocenters. The molecule has 2 aromatic rings. The van der Waals surface area contributed by atoms with E-state index < -0.39 is 0 Å². The molecule has 0 bridgehead atoms. The Morgan fingerprint density at radius 3 is 2.25 bits per heavy atom. The highest BCUT2D eigenvalue weighted by atomic mass is 16.2. The topological polar surface area (TPSA) is 84.3 Å². The molecule has 3 amide bonds. The number of aromatic nitrogens is 2. The number of hydrogen-bond acceptors (Lipinski definition) is 4. The van der Waals surface area contributed by atoms with Crippen LogP contribution in [0.3, 0.4) is 0 Å². The van der Waals surface area contributed by atoms with Crippen molar-refractivity contribution >= 4 is 17.7 Å². The Bertz CT molecular complexity index is 881. The molecule has 0 radical (unpaired) electrons. The van der Waals surface area contributed by atoms with Gasteiger partial charge in [0.25, 0.3) is 11.8 Å². The molecule has 7 nitrogen and oxygen atoms in total. The summed E-state index contributed by atoms with van der Waals surface area (Å²) in [5, 5.41) is 7.29. The second-order valence-corrected chi connectivity index (χ2v) is 7.17. The van der Waals surface area contributed by atoms with Crippen LogP contribution in [-0.2, 0) is 18.4 Å². The molecule has 1 N–H and O–H groups in total. The van der Waals surface area contributed by atoms with Gasteiger partial charge in [0.15, 0.2) is 0 Å². The lowest BCUT2D eigenvalue weighted by atomic mass is 10.1. The normalized spacial score (nSPS) is 13.2. The van der Waals surface area contributed by atoms with Crippen LogP contribution in [0.25, 0.3) is 0 Å². The van der Waals surface area contributed by atoms with Gasteiger partial charge >= 0.3 is 0 Å². The van der Waals surface area contributed by atoms with E-state index in [4.69, 9.17) is 0 Å². The molecule has 0 saturated heterocycles. The van der Waals surface area contributed by atoms with Crippen LogP contribution in [-0.4, -0.2) is 38.9 Å². The predicted octanol–water partition coefficient (Wildman–Crippen LogP) is 2.51. The molecule has 2 heterocycles. The third-order valence-corrected chi connectivity index (χ3v) is 5.28. The van der Waals surface area contributed by atoms with E-state index in [2.05, 4.69) is 10.4 Å². The lowest BCUT2D eigenvalue weighted by Crippen LogP contribution is -2.30. The largest absolute Gasteiger partial charge is 0.352 e. The Hall–Kier alpha value is -2.96. The van der Waals surface area contributed by atoms with Crippen LogP contribution in [0.15, 0.2) is 24.3 Å². The van der Waals surface area contributed by atoms with E-state index in [1.807, 2.05) is 25.6 Å². The molecule has 0 aliphatic carbocycles. The minimum Gasteiger partial charge on any atom is -0.352 e. The zero-order chi connectivity index (χ0) is 20.3. The second kappa shape index (κ2) is 8.37. The highest BCUT2D eigenvalue weighted by Gasteiger charge is 2.34. The number of rotatable bonds is 8. The first kappa shape index (κ1) is 19.8. The fraction of sp³-hybridized carbons (Fsp3) is 0.429. The summed E-state index contributed by atoms with van der Waals surface area (Å²) in [4.78, 5) is 37.9. The molecular formula is C21H26N4O3. The quantitative estimate of drug-likeness (QED) is 0.562. The molecule has 148 valence electrons. The Morgan fingerprint density at radius 1 is 1.04 bits per heavy atom. The molecule has 3 rings (SSSR count). The smallest absolute Gasteiger partial charge is 0.261 e. The van der Waals surface area contributed by atoms with Crippen LogP contribution >= 0.6 is 0 Å². The molecule has 1 aromatic carbocycles. The molecule has 0 fully saturated rings. The molecule has 28 heavy (non-hydrogen) atoms. The van der Waals surface area contributed by atoms with Crippen molar-refractivity contribution < 1.29 is 14.4 Å². The van der Waals surface area contributed by atoms with Crippen molar-refractivity contribution in [2.45, 2.75) is 46.1 Å². The van der Waals surface area contributed by atoms with Gasteiger partial charge in [-0.2, -0.15) is 5.10 Å². The summed E-state index contributed by atoms with van der Waals surface area (Å²) in [5.41, 5.74) is 4.00. The SMILES string of the molecule is Cc1nn(C)c(C)c1CNC(=O)CCCCCN1C(=O)c2ccccc2C1=O. The third-order valence-electron chi connectivity index (χ3n) is 5.28. The van der Waals surface area contributed by atoms with E-state index in [9.17, 15) is 14.4 Å². The van der Waals surface area contributed by atoms with Crippen LogP contribution in [0.2, 0.25) is 0 Å². The summed E-state index contributed by atoms with van der Waals surface area (Å²) in [6, 6.07) is 6.90. The van der Waals surface area contributed by atoms with Gasteiger partial charge in [-0.05, 0) is 38.8 Å². The number of imide groups is 1. The second-order valence-electron chi connectivity index (χ2n) is 7.17. The number of unbranched alkanes of at least 4 members (excludes halogenated alkanes) is 2. The van der Waals surface area contributed by atoms with Gasteiger partial charge in [-0.1, -0.05) is 18.6 Å². The van der Waals surface area contributed by atoms with Crippen LogP contribution < -0.4 is 5.32 Å². The number of carbonyl (C=O) groups excluding carboxylic acids is 3. The standard InChI is InChI=1S/C21H26N4O3/c1-14-18(15(2)24(3)23-14)13-22-19(26)11-5-4-8-12-25-20(27)16-9-6-7-10-17(16)21(25)28/h6-7,9-10H,4-5,8,11-13H2,1-3H3,(H,22,26). The Balaban J connectivity index is 1.37. The van der Waals surface area contributed by atoms with Crippen LogP contribution in [0.1, 0.15) is 63.4 Å². The Kier molecular flexibility index (Phi) is 5.92. The Morgan fingerprint density at radius 2 is 1.68 bits per heavy atom. The first-order valence-electron chi connectivity index (χ1n) is 9.61. The highest BCUT2D eigenvalue weighted by Crippen LogP contribution is 2.22. The first-order valence-corrected chi connectivity index (χ1v) is 9.61. The maximum absolute atomic E-state index is 12.3. The maximum atomic E-state index is 12.3. The highest BCUT2D eigenvalue weighted by molar-refractivity contribution is 6.21. The minimum absolute atomic E-state index is 0.00313. The summed E-state index contributed by atoms with van der Waals surface area (Å²) >= 11 is 0. The molecule has 0 spiro atoms. The number of amides is 3. The molecule has 1 aromatic heterocycles. The van der Waals surface area contributed by atoms with Crippen LogP contribution in [0, 0.1) is 13.8 Å². The van der Waals surface area contributed by atoms with Crippen molar-refractivity contribution in [3.8, 4) is 0 Å². The summed E-state index contributed by atoms with van der Waals surface area (Å²) < 4.78 is 1.82. The third kappa shape index (κ3) is 3.98. The van der Waals surface area contributed by atoms with Gasteiger partial charge in [0.2, 0.25) is 5.91 Å². The van der Waals surface area contributed by atoms with Crippen LogP contribution in [0.5, 0.6) is 0 Å². The molecule has 0 saturated carbocycles. The molecule has 7 heteroatoms. The van der Waals surface area contributed by atoms with E-state index in [1.165, 1.54) is 4.90 Å². The van der Waals surface area contributed by atoms with Gasteiger partial charge in [-0.25, -0.2) is 0 Å². The van der Waals surface area contributed by atoms with Crippen molar-refractivity contribution in [3.05, 3.63) is 52.3 Å². The van der Waals surface area contributed by atoms with Gasteiger partial charge in [0.1, 0.15) is 0 Å². The maximum Gasteiger partial charge on any atom is 0.261 e. The average Bonchev–Trinajstić information content (AvgIpc) is 3.07. The number of carbonyl (C=O) groups is 3. The van der Waals surface area contributed by atoms with Crippen molar-refractivity contribution in [1.29, 1.82) is 0 Å². The number of aryl methyl sites for hydroxylation is 2. The minimum atomic E-state index is -0.222. The van der Waals surface area contributed by atoms with Crippen molar-refractivity contribution in [1.82, 2.24) is 20.0 Å².